The highest BCUT2D eigenvalue weighted by Gasteiger charge is 2.45. The molecule has 1 unspecified atom stereocenters. The van der Waals surface area contributed by atoms with Gasteiger partial charge in [-0.25, -0.2) is 9.37 Å². The zero-order valence-corrected chi connectivity index (χ0v) is 22.8. The molecule has 1 atom stereocenters. The molecule has 1 aromatic heterocycles. The van der Waals surface area contributed by atoms with Crippen LogP contribution in [0.1, 0.15) is 46.4 Å². The van der Waals surface area contributed by atoms with Crippen LogP contribution in [0.4, 0.5) is 21.6 Å². The number of nitro groups is 1. The lowest BCUT2D eigenvalue weighted by atomic mass is 9.96. The Hall–Kier alpha value is -4.46. The van der Waals surface area contributed by atoms with Crippen LogP contribution in [0.2, 0.25) is 0 Å². The fraction of sp³-hybridized carbons (Fsp3) is 0.464. The minimum atomic E-state index is -1.09. The molecule has 0 aliphatic carbocycles. The Kier molecular flexibility index (Phi) is 7.31. The predicted molar refractivity (Wildman–Crippen MR) is 148 cm³/mol. The van der Waals surface area contributed by atoms with Gasteiger partial charge in [-0.1, -0.05) is 0 Å². The van der Waals surface area contributed by atoms with E-state index in [1.165, 1.54) is 18.3 Å². The van der Waals surface area contributed by atoms with Gasteiger partial charge in [0.25, 0.3) is 17.5 Å². The standard InChI is InChI=1S/C28H30FN7O6/c29-21-13-19-20(28(40)35(27(19)39)22-2-4-25(37)31-26(22)38)14-23(21)33-11-9-32(10-12-33)16-17-5-7-34(8-6-17)24-3-1-18(15-30-24)36(41)42/h1,3,13-15,17,22H,2,4-12,16H2,(H,31,37,38). The van der Waals surface area contributed by atoms with Crippen molar-refractivity contribution in [1.29, 1.82) is 0 Å². The first-order chi connectivity index (χ1) is 20.2. The van der Waals surface area contributed by atoms with Crippen molar-refractivity contribution in [1.82, 2.24) is 20.1 Å². The van der Waals surface area contributed by atoms with Gasteiger partial charge >= 0.3 is 0 Å². The molecule has 6 rings (SSSR count). The molecular weight excluding hydrogens is 549 g/mol. The van der Waals surface area contributed by atoms with Gasteiger partial charge < -0.3 is 9.80 Å². The Morgan fingerprint density at radius 2 is 1.62 bits per heavy atom. The Bertz CT molecular complexity index is 1450. The topological polar surface area (TPSA) is 149 Å². The minimum Gasteiger partial charge on any atom is -0.367 e. The molecule has 220 valence electrons. The smallest absolute Gasteiger partial charge is 0.287 e. The minimum absolute atomic E-state index is 0.0177. The number of carbonyl (C=O) groups is 4. The third-order valence-corrected chi connectivity index (χ3v) is 8.62. The predicted octanol–water partition coefficient (Wildman–Crippen LogP) is 1.57. The van der Waals surface area contributed by atoms with Crippen LogP contribution in [0.3, 0.4) is 0 Å². The largest absolute Gasteiger partial charge is 0.367 e. The van der Waals surface area contributed by atoms with Crippen LogP contribution >= 0.6 is 0 Å². The summed E-state index contributed by atoms with van der Waals surface area (Å²) in [5.74, 6) is -1.90. The van der Waals surface area contributed by atoms with Crippen molar-refractivity contribution in [2.75, 3.05) is 55.6 Å². The first kappa shape index (κ1) is 27.7. The second kappa shape index (κ2) is 11.1. The number of imide groups is 2. The summed E-state index contributed by atoms with van der Waals surface area (Å²) >= 11 is 0. The molecule has 4 amide bonds. The molecule has 0 saturated carbocycles. The molecule has 3 fully saturated rings. The van der Waals surface area contributed by atoms with Crippen molar-refractivity contribution in [3.8, 4) is 0 Å². The molecule has 4 aliphatic heterocycles. The summed E-state index contributed by atoms with van der Waals surface area (Å²) in [6, 6.07) is 4.55. The number of hydrogen-bond acceptors (Lipinski definition) is 10. The lowest BCUT2D eigenvalue weighted by Crippen LogP contribution is -2.54. The molecule has 1 N–H and O–H groups in total. The molecule has 14 heteroatoms. The third-order valence-electron chi connectivity index (χ3n) is 8.62. The monoisotopic (exact) mass is 579 g/mol. The van der Waals surface area contributed by atoms with Crippen molar-refractivity contribution in [3.63, 3.8) is 0 Å². The van der Waals surface area contributed by atoms with E-state index in [2.05, 4.69) is 20.1 Å². The van der Waals surface area contributed by atoms with E-state index in [0.29, 0.717) is 19.0 Å². The van der Waals surface area contributed by atoms with E-state index in [-0.39, 0.29) is 35.3 Å². The molecule has 5 heterocycles. The van der Waals surface area contributed by atoms with E-state index in [1.807, 2.05) is 4.90 Å². The van der Waals surface area contributed by atoms with Gasteiger partial charge in [0.15, 0.2) is 0 Å². The van der Waals surface area contributed by atoms with Gasteiger partial charge in [0.05, 0.1) is 21.7 Å². The molecule has 13 nitrogen and oxygen atoms in total. The fourth-order valence-electron chi connectivity index (χ4n) is 6.28. The van der Waals surface area contributed by atoms with Crippen LogP contribution in [-0.2, 0) is 9.59 Å². The van der Waals surface area contributed by atoms with Crippen molar-refractivity contribution >= 4 is 40.8 Å². The van der Waals surface area contributed by atoms with Crippen molar-refractivity contribution in [2.24, 2.45) is 5.92 Å². The van der Waals surface area contributed by atoms with Crippen LogP contribution in [0.15, 0.2) is 30.5 Å². The summed E-state index contributed by atoms with van der Waals surface area (Å²) in [6.45, 7) is 5.10. The Morgan fingerprint density at radius 1 is 0.929 bits per heavy atom. The Labute approximate surface area is 240 Å². The number of rotatable bonds is 6. The van der Waals surface area contributed by atoms with Gasteiger partial charge in [-0.3, -0.25) is 44.4 Å². The van der Waals surface area contributed by atoms with Crippen LogP contribution in [0, 0.1) is 21.8 Å². The fourth-order valence-corrected chi connectivity index (χ4v) is 6.28. The van der Waals surface area contributed by atoms with Crippen molar-refractivity contribution in [3.05, 3.63) is 57.5 Å². The number of aromatic nitrogens is 1. The first-order valence-corrected chi connectivity index (χ1v) is 14.1. The summed E-state index contributed by atoms with van der Waals surface area (Å²) < 4.78 is 15.2. The molecule has 0 bridgehead atoms. The normalized spacial score (nSPS) is 22.0. The number of hydrogen-bond donors (Lipinski definition) is 1. The van der Waals surface area contributed by atoms with Gasteiger partial charge in [-0.05, 0) is 43.4 Å². The zero-order chi connectivity index (χ0) is 29.5. The summed E-state index contributed by atoms with van der Waals surface area (Å²) in [7, 11) is 0. The number of halogens is 1. The maximum atomic E-state index is 15.2. The SMILES string of the molecule is O=C1CCC(N2C(=O)c3cc(F)c(N4CCN(CC5CCN(c6ccc([N+](=O)[O-])cn6)CC5)CC4)cc3C2=O)C(=O)N1. The van der Waals surface area contributed by atoms with E-state index in [0.717, 1.165) is 62.3 Å². The van der Waals surface area contributed by atoms with E-state index in [1.54, 1.807) is 6.07 Å². The number of benzene rings is 1. The number of pyridine rings is 1. The maximum Gasteiger partial charge on any atom is 0.287 e. The quantitative estimate of drug-likeness (QED) is 0.304. The van der Waals surface area contributed by atoms with Gasteiger partial charge in [0.1, 0.15) is 23.9 Å². The molecule has 4 aliphatic rings. The van der Waals surface area contributed by atoms with Crippen LogP contribution < -0.4 is 15.1 Å². The highest BCUT2D eigenvalue weighted by atomic mass is 19.1. The van der Waals surface area contributed by atoms with Gasteiger partial charge in [0, 0.05) is 58.3 Å². The molecule has 2 aromatic rings. The third kappa shape index (κ3) is 5.17. The van der Waals surface area contributed by atoms with Crippen molar-refractivity contribution in [2.45, 2.75) is 31.7 Å². The highest BCUT2D eigenvalue weighted by Crippen LogP contribution is 2.33. The average molecular weight is 580 g/mol. The lowest BCUT2D eigenvalue weighted by Gasteiger charge is -2.40. The summed E-state index contributed by atoms with van der Waals surface area (Å²) in [4.78, 5) is 71.8. The Balaban J connectivity index is 1.04. The summed E-state index contributed by atoms with van der Waals surface area (Å²) in [5, 5.41) is 13.0. The van der Waals surface area contributed by atoms with Crippen LogP contribution in [0.5, 0.6) is 0 Å². The van der Waals surface area contributed by atoms with Crippen LogP contribution in [-0.4, -0.2) is 95.2 Å². The van der Waals surface area contributed by atoms with Gasteiger partial charge in [-0.15, -0.1) is 0 Å². The molecule has 3 saturated heterocycles. The summed E-state index contributed by atoms with van der Waals surface area (Å²) in [6.07, 6.45) is 3.29. The zero-order valence-electron chi connectivity index (χ0n) is 22.8. The first-order valence-electron chi connectivity index (χ1n) is 14.1. The van der Waals surface area contributed by atoms with Gasteiger partial charge in [0.2, 0.25) is 11.8 Å². The molecular formula is C28H30FN7O6. The van der Waals surface area contributed by atoms with E-state index < -0.39 is 40.4 Å². The molecule has 42 heavy (non-hydrogen) atoms. The number of carbonyl (C=O) groups excluding carboxylic acids is 4. The molecule has 0 radical (unpaired) electrons. The van der Waals surface area contributed by atoms with Crippen LogP contribution in [0.25, 0.3) is 0 Å². The maximum absolute atomic E-state index is 15.2. The second-order valence-electron chi connectivity index (χ2n) is 11.1. The van der Waals surface area contributed by atoms with Gasteiger partial charge in [-0.2, -0.15) is 0 Å². The average Bonchev–Trinajstić information content (AvgIpc) is 3.22. The summed E-state index contributed by atoms with van der Waals surface area (Å²) in [5.41, 5.74) is 0.225. The Morgan fingerprint density at radius 3 is 2.24 bits per heavy atom. The van der Waals surface area contributed by atoms with Crippen molar-refractivity contribution < 1.29 is 28.5 Å². The molecule has 1 aromatic carbocycles. The number of anilines is 2. The number of fused-ring (bicyclic) bond motifs is 1. The number of nitrogens with one attached hydrogen (secondary N) is 1. The second-order valence-corrected chi connectivity index (χ2v) is 11.1. The number of piperazine rings is 1. The number of piperidine rings is 2. The molecule has 0 spiro atoms. The number of amides is 4. The lowest BCUT2D eigenvalue weighted by molar-refractivity contribution is -0.385. The number of nitrogens with zero attached hydrogens (tertiary/aromatic N) is 6. The van der Waals surface area contributed by atoms with E-state index >= 15 is 4.39 Å². The van der Waals surface area contributed by atoms with E-state index in [9.17, 15) is 29.3 Å². The van der Waals surface area contributed by atoms with E-state index in [4.69, 9.17) is 0 Å². The highest BCUT2D eigenvalue weighted by molar-refractivity contribution is 6.23.